The van der Waals surface area contributed by atoms with Gasteiger partial charge in [0.2, 0.25) is 0 Å². The average molecular weight is 275 g/mol. The molecule has 0 aromatic carbocycles. The fourth-order valence-electron chi connectivity index (χ4n) is 2.40. The van der Waals surface area contributed by atoms with E-state index in [0.717, 1.165) is 36.6 Å². The lowest BCUT2D eigenvalue weighted by Crippen LogP contribution is -2.27. The molecule has 1 saturated heterocycles. The molecule has 0 atom stereocenters. The maximum atomic E-state index is 12.2. The number of carbonyl (C=O) groups excluding carboxylic acids is 1. The first kappa shape index (κ1) is 12.4. The summed E-state index contributed by atoms with van der Waals surface area (Å²) < 4.78 is 2.10. The Morgan fingerprint density at radius 3 is 2.68 bits per heavy atom. The Morgan fingerprint density at radius 2 is 2.05 bits per heavy atom. The van der Waals surface area contributed by atoms with Crippen molar-refractivity contribution in [3.63, 3.8) is 0 Å². The van der Waals surface area contributed by atoms with Crippen molar-refractivity contribution < 1.29 is 4.79 Å². The molecule has 5 heteroatoms. The van der Waals surface area contributed by atoms with Gasteiger partial charge in [0, 0.05) is 31.2 Å². The average Bonchev–Trinajstić information content (AvgIpc) is 3.12. The van der Waals surface area contributed by atoms with Crippen molar-refractivity contribution in [2.45, 2.75) is 19.8 Å². The molecular formula is C14H17N3OS. The number of hydrogen-bond acceptors (Lipinski definition) is 3. The highest BCUT2D eigenvalue weighted by Crippen LogP contribution is 2.26. The van der Waals surface area contributed by atoms with Gasteiger partial charge in [-0.25, -0.2) is 4.98 Å². The number of nitrogens with zero attached hydrogens (tertiary/aromatic N) is 3. The predicted octanol–water partition coefficient (Wildman–Crippen LogP) is 2.69. The molecule has 0 bridgehead atoms. The molecule has 2 aromatic rings. The Bertz CT molecular complexity index is 608. The first-order valence-corrected chi connectivity index (χ1v) is 7.42. The number of aryl methyl sites for hydroxylation is 1. The molecule has 1 fully saturated rings. The van der Waals surface area contributed by atoms with E-state index in [1.165, 1.54) is 17.0 Å². The lowest BCUT2D eigenvalue weighted by molar-refractivity contribution is 0.0788. The molecular weight excluding hydrogens is 258 g/mol. The van der Waals surface area contributed by atoms with Crippen LogP contribution in [0.4, 0.5) is 0 Å². The Balaban J connectivity index is 1.87. The minimum atomic E-state index is 0.0749. The molecule has 3 heterocycles. The minimum Gasteiger partial charge on any atom is -0.346 e. The van der Waals surface area contributed by atoms with Gasteiger partial charge in [0.1, 0.15) is 10.7 Å². The number of hydrogen-bond donors (Lipinski definition) is 0. The number of carbonyl (C=O) groups is 1. The van der Waals surface area contributed by atoms with Crippen LogP contribution in [0, 0.1) is 6.92 Å². The van der Waals surface area contributed by atoms with Gasteiger partial charge >= 0.3 is 0 Å². The fraction of sp³-hybridized carbons (Fsp3) is 0.429. The van der Waals surface area contributed by atoms with E-state index in [1.807, 2.05) is 17.3 Å². The largest absolute Gasteiger partial charge is 0.346 e. The first-order chi connectivity index (χ1) is 9.16. The van der Waals surface area contributed by atoms with Crippen molar-refractivity contribution in [2.75, 3.05) is 13.1 Å². The second-order valence-corrected chi connectivity index (χ2v) is 5.81. The van der Waals surface area contributed by atoms with Crippen LogP contribution in [0.5, 0.6) is 0 Å². The zero-order chi connectivity index (χ0) is 13.4. The number of amides is 1. The number of aromatic nitrogens is 2. The maximum Gasteiger partial charge on any atom is 0.273 e. The summed E-state index contributed by atoms with van der Waals surface area (Å²) in [6, 6.07) is 4.12. The third kappa shape index (κ3) is 2.18. The van der Waals surface area contributed by atoms with Crippen LogP contribution in [0.15, 0.2) is 17.5 Å². The van der Waals surface area contributed by atoms with E-state index in [2.05, 4.69) is 28.6 Å². The SMILES string of the molecule is Cc1ccc(-c2nc(C(=O)N3CCCC3)cs2)n1C. The van der Waals surface area contributed by atoms with E-state index in [9.17, 15) is 4.79 Å². The fourth-order valence-corrected chi connectivity index (χ4v) is 3.25. The van der Waals surface area contributed by atoms with Gasteiger partial charge in [-0.2, -0.15) is 0 Å². The summed E-state index contributed by atoms with van der Waals surface area (Å²) >= 11 is 1.54. The van der Waals surface area contributed by atoms with E-state index in [0.29, 0.717) is 5.69 Å². The van der Waals surface area contributed by atoms with Crippen LogP contribution in [0.3, 0.4) is 0 Å². The Hall–Kier alpha value is -1.62. The lowest BCUT2D eigenvalue weighted by atomic mass is 10.4. The molecule has 1 aliphatic heterocycles. The summed E-state index contributed by atoms with van der Waals surface area (Å²) in [5.41, 5.74) is 2.85. The van der Waals surface area contributed by atoms with Crippen molar-refractivity contribution in [2.24, 2.45) is 7.05 Å². The molecule has 19 heavy (non-hydrogen) atoms. The monoisotopic (exact) mass is 275 g/mol. The van der Waals surface area contributed by atoms with Crippen molar-refractivity contribution in [1.29, 1.82) is 0 Å². The zero-order valence-electron chi connectivity index (χ0n) is 11.2. The molecule has 0 aliphatic carbocycles. The van der Waals surface area contributed by atoms with Crippen LogP contribution in [-0.4, -0.2) is 33.4 Å². The molecule has 0 unspecified atom stereocenters. The molecule has 0 N–H and O–H groups in total. The van der Waals surface area contributed by atoms with Gasteiger partial charge in [-0.3, -0.25) is 4.79 Å². The molecule has 100 valence electrons. The van der Waals surface area contributed by atoms with Crippen LogP contribution >= 0.6 is 11.3 Å². The molecule has 0 radical (unpaired) electrons. The minimum absolute atomic E-state index is 0.0749. The quantitative estimate of drug-likeness (QED) is 0.845. The van der Waals surface area contributed by atoms with E-state index < -0.39 is 0 Å². The second kappa shape index (κ2) is 4.81. The highest BCUT2D eigenvalue weighted by Gasteiger charge is 2.22. The Morgan fingerprint density at radius 1 is 1.32 bits per heavy atom. The van der Waals surface area contributed by atoms with Crippen LogP contribution in [-0.2, 0) is 7.05 Å². The zero-order valence-corrected chi connectivity index (χ0v) is 12.0. The van der Waals surface area contributed by atoms with Crippen LogP contribution in [0.2, 0.25) is 0 Å². The molecule has 0 spiro atoms. The van der Waals surface area contributed by atoms with E-state index in [4.69, 9.17) is 0 Å². The summed E-state index contributed by atoms with van der Waals surface area (Å²) in [6.07, 6.45) is 2.22. The Labute approximate surface area is 116 Å². The normalized spacial score (nSPS) is 15.2. The molecule has 2 aromatic heterocycles. The smallest absolute Gasteiger partial charge is 0.273 e. The van der Waals surface area contributed by atoms with Gasteiger partial charge in [-0.15, -0.1) is 11.3 Å². The van der Waals surface area contributed by atoms with E-state index in [-0.39, 0.29) is 5.91 Å². The molecule has 3 rings (SSSR count). The third-order valence-electron chi connectivity index (χ3n) is 3.71. The molecule has 1 aliphatic rings. The van der Waals surface area contributed by atoms with E-state index >= 15 is 0 Å². The van der Waals surface area contributed by atoms with Gasteiger partial charge in [-0.1, -0.05) is 0 Å². The number of rotatable bonds is 2. The van der Waals surface area contributed by atoms with Crippen molar-refractivity contribution in [3.05, 3.63) is 28.9 Å². The topological polar surface area (TPSA) is 38.1 Å². The van der Waals surface area contributed by atoms with Gasteiger partial charge in [0.25, 0.3) is 5.91 Å². The maximum absolute atomic E-state index is 12.2. The summed E-state index contributed by atoms with van der Waals surface area (Å²) in [4.78, 5) is 18.6. The summed E-state index contributed by atoms with van der Waals surface area (Å²) in [5.74, 6) is 0.0749. The number of thiazole rings is 1. The Kier molecular flexibility index (Phi) is 3.14. The van der Waals surface area contributed by atoms with Crippen molar-refractivity contribution >= 4 is 17.2 Å². The highest BCUT2D eigenvalue weighted by atomic mass is 32.1. The summed E-state index contributed by atoms with van der Waals surface area (Å²) in [6.45, 7) is 3.80. The van der Waals surface area contributed by atoms with Gasteiger partial charge < -0.3 is 9.47 Å². The van der Waals surface area contributed by atoms with Gasteiger partial charge in [0.05, 0.1) is 5.69 Å². The van der Waals surface area contributed by atoms with Crippen molar-refractivity contribution in [3.8, 4) is 10.7 Å². The molecule has 0 saturated carbocycles. The molecule has 4 nitrogen and oxygen atoms in total. The predicted molar refractivity (Wildman–Crippen MR) is 76.4 cm³/mol. The van der Waals surface area contributed by atoms with Crippen molar-refractivity contribution in [1.82, 2.24) is 14.5 Å². The van der Waals surface area contributed by atoms with Crippen LogP contribution in [0.25, 0.3) is 10.7 Å². The van der Waals surface area contributed by atoms with E-state index in [1.54, 1.807) is 0 Å². The standard InChI is InChI=1S/C14H17N3OS/c1-10-5-6-12(16(10)2)13-15-11(9-19-13)14(18)17-7-3-4-8-17/h5-6,9H,3-4,7-8H2,1-2H3. The summed E-state index contributed by atoms with van der Waals surface area (Å²) in [5, 5.41) is 2.79. The third-order valence-corrected chi connectivity index (χ3v) is 4.57. The first-order valence-electron chi connectivity index (χ1n) is 6.54. The van der Waals surface area contributed by atoms with Gasteiger partial charge in [0.15, 0.2) is 0 Å². The summed E-state index contributed by atoms with van der Waals surface area (Å²) in [7, 11) is 2.02. The van der Waals surface area contributed by atoms with Crippen LogP contribution in [0.1, 0.15) is 29.0 Å². The van der Waals surface area contributed by atoms with Gasteiger partial charge in [-0.05, 0) is 31.9 Å². The molecule has 1 amide bonds. The van der Waals surface area contributed by atoms with Crippen LogP contribution < -0.4 is 0 Å². The lowest BCUT2D eigenvalue weighted by Gasteiger charge is -2.12. The second-order valence-electron chi connectivity index (χ2n) is 4.96. The number of likely N-dealkylation sites (tertiary alicyclic amines) is 1. The highest BCUT2D eigenvalue weighted by molar-refractivity contribution is 7.13.